The van der Waals surface area contributed by atoms with Crippen molar-refractivity contribution < 1.29 is 23.9 Å². The summed E-state index contributed by atoms with van der Waals surface area (Å²) in [5, 5.41) is 13.0. The highest BCUT2D eigenvalue weighted by atomic mass is 16.5. The molecule has 1 aliphatic heterocycles. The summed E-state index contributed by atoms with van der Waals surface area (Å²) in [6, 6.07) is 4.77. The molecule has 1 aliphatic rings. The Hall–Kier alpha value is -4.20. The molecular weight excluding hydrogens is 530 g/mol. The third-order valence-corrected chi connectivity index (χ3v) is 6.73. The van der Waals surface area contributed by atoms with Crippen molar-refractivity contribution >= 4 is 35.4 Å². The van der Waals surface area contributed by atoms with E-state index in [1.165, 1.54) is 0 Å². The molecular formula is C27H43N9O5. The number of amidine groups is 1. The van der Waals surface area contributed by atoms with Crippen molar-refractivity contribution in [3.63, 3.8) is 0 Å². The van der Waals surface area contributed by atoms with Crippen molar-refractivity contribution in [1.29, 1.82) is 5.41 Å². The summed E-state index contributed by atoms with van der Waals surface area (Å²) < 4.78 is 5.35. The first-order chi connectivity index (χ1) is 19.5. The molecule has 226 valence electrons. The normalized spacial score (nSPS) is 15.2. The molecule has 14 heteroatoms. The summed E-state index contributed by atoms with van der Waals surface area (Å²) in [7, 11) is 0. The van der Waals surface area contributed by atoms with Crippen LogP contribution in [0.5, 0.6) is 0 Å². The fourth-order valence-electron chi connectivity index (χ4n) is 4.36. The van der Waals surface area contributed by atoms with Crippen molar-refractivity contribution in [3.8, 4) is 0 Å². The lowest BCUT2D eigenvalue weighted by Gasteiger charge is -2.31. The molecule has 1 aromatic rings. The number of rotatable bonds is 16. The van der Waals surface area contributed by atoms with Crippen LogP contribution in [0.15, 0.2) is 29.3 Å². The van der Waals surface area contributed by atoms with Crippen LogP contribution < -0.4 is 33.6 Å². The third kappa shape index (κ3) is 11.1. The molecule has 0 spiro atoms. The summed E-state index contributed by atoms with van der Waals surface area (Å²) in [4.78, 5) is 57.8. The van der Waals surface area contributed by atoms with E-state index in [1.54, 1.807) is 29.2 Å². The fourth-order valence-corrected chi connectivity index (χ4v) is 4.36. The van der Waals surface area contributed by atoms with E-state index in [4.69, 9.17) is 33.1 Å². The number of nitrogens with zero attached hydrogens (tertiary/aromatic N) is 2. The van der Waals surface area contributed by atoms with Gasteiger partial charge in [-0.3, -0.25) is 29.6 Å². The molecule has 0 aromatic heterocycles. The molecule has 0 saturated carbocycles. The number of nitrogens with one attached hydrogen (secondary N) is 3. The standard InChI is InChI=1S/C27H43N9O5/c1-2-3-5-21(25(39)34-20(23(30)37)6-4-11-33-27(31)32)35-24(38)19(26(40)36-12-14-41-15-13-36)16-17-7-9-18(10-8-17)22(28)29/h7-10,19-21H,2-6,11-16H2,1H3,(H3,28,29)(H2,30,37)(H,34,39)(H,35,38)(H4,31,32,33)/t19?,20-,21-/m0/s1. The van der Waals surface area contributed by atoms with E-state index in [0.717, 1.165) is 6.42 Å². The molecule has 41 heavy (non-hydrogen) atoms. The average Bonchev–Trinajstić information content (AvgIpc) is 2.95. The molecule has 1 saturated heterocycles. The quantitative estimate of drug-likeness (QED) is 0.0540. The Morgan fingerprint density at radius 1 is 0.951 bits per heavy atom. The van der Waals surface area contributed by atoms with E-state index < -0.39 is 35.7 Å². The van der Waals surface area contributed by atoms with Gasteiger partial charge in [-0.2, -0.15) is 0 Å². The highest BCUT2D eigenvalue weighted by molar-refractivity contribution is 6.02. The molecule has 2 rings (SSSR count). The second-order valence-electron chi connectivity index (χ2n) is 9.92. The van der Waals surface area contributed by atoms with Gasteiger partial charge in [0.2, 0.25) is 23.6 Å². The number of unbranched alkanes of at least 4 members (excludes halogenated alkanes) is 1. The lowest BCUT2D eigenvalue weighted by molar-refractivity contribution is -0.146. The number of aliphatic imine (C=N–C) groups is 1. The summed E-state index contributed by atoms with van der Waals surface area (Å²) in [6.07, 6.45) is 2.38. The Bertz CT molecular complexity index is 1080. The molecule has 4 amide bonds. The van der Waals surface area contributed by atoms with Crippen LogP contribution in [0, 0.1) is 11.3 Å². The van der Waals surface area contributed by atoms with Gasteiger partial charge in [-0.1, -0.05) is 44.0 Å². The van der Waals surface area contributed by atoms with Crippen LogP contribution in [0.1, 0.15) is 50.2 Å². The number of hydrogen-bond donors (Lipinski definition) is 7. The average molecular weight is 574 g/mol. The van der Waals surface area contributed by atoms with Gasteiger partial charge in [0, 0.05) is 25.2 Å². The minimum atomic E-state index is -1.11. The van der Waals surface area contributed by atoms with E-state index in [0.29, 0.717) is 56.7 Å². The number of nitrogens with two attached hydrogens (primary N) is 4. The zero-order chi connectivity index (χ0) is 30.4. The van der Waals surface area contributed by atoms with Crippen LogP contribution in [0.4, 0.5) is 0 Å². The molecule has 1 fully saturated rings. The molecule has 0 bridgehead atoms. The summed E-state index contributed by atoms with van der Waals surface area (Å²) in [5.41, 5.74) is 22.9. The number of amides is 4. The number of carbonyl (C=O) groups excluding carboxylic acids is 4. The van der Waals surface area contributed by atoms with Crippen LogP contribution in [-0.2, 0) is 30.3 Å². The summed E-state index contributed by atoms with van der Waals surface area (Å²) in [6.45, 7) is 3.65. The SMILES string of the molecule is CCCC[C@H](NC(=O)C(Cc1ccc(C(=N)N)cc1)C(=O)N1CCOCC1)C(=O)N[C@@H](CCCN=C(N)N)C(N)=O. The number of carbonyl (C=O) groups is 4. The number of morpholine rings is 1. The predicted octanol–water partition coefficient (Wildman–Crippen LogP) is -1.31. The van der Waals surface area contributed by atoms with Gasteiger partial charge in [0.25, 0.3) is 0 Å². The third-order valence-electron chi connectivity index (χ3n) is 6.73. The molecule has 0 aliphatic carbocycles. The lowest BCUT2D eigenvalue weighted by atomic mass is 9.95. The van der Waals surface area contributed by atoms with Crippen LogP contribution in [0.2, 0.25) is 0 Å². The van der Waals surface area contributed by atoms with E-state index >= 15 is 0 Å². The Labute approximate surface area is 240 Å². The maximum Gasteiger partial charge on any atom is 0.243 e. The smallest absolute Gasteiger partial charge is 0.243 e. The Morgan fingerprint density at radius 2 is 1.56 bits per heavy atom. The van der Waals surface area contributed by atoms with Gasteiger partial charge >= 0.3 is 0 Å². The lowest BCUT2D eigenvalue weighted by Crippen LogP contribution is -2.55. The largest absolute Gasteiger partial charge is 0.384 e. The van der Waals surface area contributed by atoms with Crippen molar-refractivity contribution in [2.45, 2.75) is 57.5 Å². The van der Waals surface area contributed by atoms with Gasteiger partial charge in [0.1, 0.15) is 23.8 Å². The summed E-state index contributed by atoms with van der Waals surface area (Å²) >= 11 is 0. The van der Waals surface area contributed by atoms with Gasteiger partial charge in [-0.05, 0) is 31.2 Å². The van der Waals surface area contributed by atoms with E-state index in [-0.39, 0.29) is 37.1 Å². The van der Waals surface area contributed by atoms with E-state index in [2.05, 4.69) is 15.6 Å². The van der Waals surface area contributed by atoms with Gasteiger partial charge in [0.05, 0.1) is 13.2 Å². The van der Waals surface area contributed by atoms with Crippen molar-refractivity contribution in [2.24, 2.45) is 33.8 Å². The molecule has 1 unspecified atom stereocenters. The van der Waals surface area contributed by atoms with Crippen LogP contribution in [0.3, 0.4) is 0 Å². The van der Waals surface area contributed by atoms with Crippen molar-refractivity contribution in [3.05, 3.63) is 35.4 Å². The maximum absolute atomic E-state index is 13.6. The monoisotopic (exact) mass is 573 g/mol. The number of nitrogen functional groups attached to an aromatic ring is 1. The number of guanidine groups is 1. The first kappa shape index (κ1) is 33.0. The second kappa shape index (κ2) is 16.8. The summed E-state index contributed by atoms with van der Waals surface area (Å²) in [5.74, 6) is -3.55. The van der Waals surface area contributed by atoms with Crippen LogP contribution in [0.25, 0.3) is 0 Å². The number of primary amides is 1. The number of benzene rings is 1. The minimum absolute atomic E-state index is 0.0804. The predicted molar refractivity (Wildman–Crippen MR) is 155 cm³/mol. The number of ether oxygens (including phenoxy) is 1. The van der Waals surface area contributed by atoms with E-state index in [9.17, 15) is 19.2 Å². The van der Waals surface area contributed by atoms with Crippen molar-refractivity contribution in [2.75, 3.05) is 32.8 Å². The maximum atomic E-state index is 13.6. The zero-order valence-electron chi connectivity index (χ0n) is 23.6. The fraction of sp³-hybridized carbons (Fsp3) is 0.556. The molecule has 0 radical (unpaired) electrons. The van der Waals surface area contributed by atoms with Gasteiger partial charge in [-0.25, -0.2) is 0 Å². The number of hydrogen-bond acceptors (Lipinski definition) is 7. The minimum Gasteiger partial charge on any atom is -0.384 e. The highest BCUT2D eigenvalue weighted by Crippen LogP contribution is 2.16. The highest BCUT2D eigenvalue weighted by Gasteiger charge is 2.34. The van der Waals surface area contributed by atoms with Gasteiger partial charge < -0.3 is 43.2 Å². The Kier molecular flexibility index (Phi) is 13.5. The molecule has 1 aromatic carbocycles. The van der Waals surface area contributed by atoms with Gasteiger partial charge in [0.15, 0.2) is 5.96 Å². The van der Waals surface area contributed by atoms with E-state index in [1.807, 2.05) is 6.92 Å². The second-order valence-corrected chi connectivity index (χ2v) is 9.92. The van der Waals surface area contributed by atoms with Crippen LogP contribution >= 0.6 is 0 Å². The van der Waals surface area contributed by atoms with Gasteiger partial charge in [-0.15, -0.1) is 0 Å². The Balaban J connectivity index is 2.22. The Morgan fingerprint density at radius 3 is 2.12 bits per heavy atom. The zero-order valence-corrected chi connectivity index (χ0v) is 23.6. The molecule has 14 nitrogen and oxygen atoms in total. The molecule has 3 atom stereocenters. The first-order valence-electron chi connectivity index (χ1n) is 13.8. The van der Waals surface area contributed by atoms with Crippen LogP contribution in [-0.4, -0.2) is 85.3 Å². The first-order valence-corrected chi connectivity index (χ1v) is 13.8. The molecule has 1 heterocycles. The molecule has 11 N–H and O–H groups in total. The topological polar surface area (TPSA) is 245 Å². The van der Waals surface area contributed by atoms with Crippen molar-refractivity contribution in [1.82, 2.24) is 15.5 Å².